The van der Waals surface area contributed by atoms with E-state index in [4.69, 9.17) is 4.74 Å². The largest absolute Gasteiger partial charge is 0.494 e. The van der Waals surface area contributed by atoms with E-state index in [9.17, 15) is 4.39 Å². The van der Waals surface area contributed by atoms with Crippen molar-refractivity contribution in [3.05, 3.63) is 42.0 Å². The molecule has 3 aliphatic heterocycles. The van der Waals surface area contributed by atoms with Crippen LogP contribution >= 0.6 is 0 Å². The molecule has 30 heavy (non-hydrogen) atoms. The topological polar surface area (TPSA) is 44.7 Å². The van der Waals surface area contributed by atoms with E-state index in [0.29, 0.717) is 17.7 Å². The van der Waals surface area contributed by atoms with Gasteiger partial charge >= 0.3 is 0 Å². The van der Waals surface area contributed by atoms with E-state index < -0.39 is 0 Å². The molecule has 0 amide bonds. The van der Waals surface area contributed by atoms with E-state index in [1.807, 2.05) is 6.07 Å². The van der Waals surface area contributed by atoms with Crippen molar-refractivity contribution in [3.8, 4) is 5.75 Å². The van der Waals surface area contributed by atoms with Crippen molar-refractivity contribution < 1.29 is 9.13 Å². The van der Waals surface area contributed by atoms with Crippen molar-refractivity contribution in [1.82, 2.24) is 14.9 Å². The lowest BCUT2D eigenvalue weighted by Crippen LogP contribution is -2.48. The molecule has 1 aromatic heterocycles. The first-order valence-electron chi connectivity index (χ1n) is 11.1. The lowest BCUT2D eigenvalue weighted by molar-refractivity contribution is 0.200. The maximum atomic E-state index is 14.1. The van der Waals surface area contributed by atoms with Gasteiger partial charge in [0.25, 0.3) is 0 Å². The van der Waals surface area contributed by atoms with Crippen LogP contribution in [0.25, 0.3) is 0 Å². The van der Waals surface area contributed by atoms with Crippen molar-refractivity contribution in [2.75, 3.05) is 49.6 Å². The Hall–Kier alpha value is -2.41. The smallest absolute Gasteiger partial charge is 0.165 e. The fourth-order valence-corrected chi connectivity index (χ4v) is 5.30. The Morgan fingerprint density at radius 1 is 1.00 bits per heavy atom. The summed E-state index contributed by atoms with van der Waals surface area (Å²) in [4.78, 5) is 16.4. The highest BCUT2D eigenvalue weighted by Crippen LogP contribution is 2.35. The zero-order chi connectivity index (χ0) is 20.5. The van der Waals surface area contributed by atoms with Crippen molar-refractivity contribution in [2.24, 2.45) is 5.92 Å². The highest BCUT2D eigenvalue weighted by Gasteiger charge is 2.38. The van der Waals surface area contributed by atoms with Gasteiger partial charge in [0.05, 0.1) is 7.11 Å². The van der Waals surface area contributed by atoms with Gasteiger partial charge in [0.1, 0.15) is 18.0 Å². The van der Waals surface area contributed by atoms with Crippen LogP contribution in [-0.4, -0.2) is 60.7 Å². The van der Waals surface area contributed by atoms with Crippen molar-refractivity contribution >= 4 is 11.6 Å². The van der Waals surface area contributed by atoms with Crippen LogP contribution in [0, 0.1) is 11.7 Å². The second-order valence-electron chi connectivity index (χ2n) is 8.72. The van der Waals surface area contributed by atoms with E-state index >= 15 is 0 Å². The van der Waals surface area contributed by atoms with Crippen LogP contribution in [0.3, 0.4) is 0 Å². The molecule has 6 nitrogen and oxygen atoms in total. The van der Waals surface area contributed by atoms with Crippen LogP contribution in [-0.2, 0) is 6.54 Å². The van der Waals surface area contributed by atoms with Crippen molar-refractivity contribution in [2.45, 2.75) is 38.3 Å². The molecular formula is C23H30FN5O. The number of ether oxygens (including phenoxy) is 1. The number of likely N-dealkylation sites (tertiary alicyclic amines) is 1. The molecule has 5 rings (SSSR count). The predicted octanol–water partition coefficient (Wildman–Crippen LogP) is 3.33. The molecule has 0 spiro atoms. The molecule has 3 fully saturated rings. The molecule has 4 heterocycles. The van der Waals surface area contributed by atoms with E-state index in [0.717, 1.165) is 56.5 Å². The lowest BCUT2D eigenvalue weighted by Gasteiger charge is -2.39. The SMILES string of the molecule is COc1ccc(CN2CCC3CCN(c4cc(N5CCCC5)ncn4)CC32)cc1F. The number of rotatable bonds is 5. The van der Waals surface area contributed by atoms with Gasteiger partial charge in [-0.2, -0.15) is 0 Å². The summed E-state index contributed by atoms with van der Waals surface area (Å²) in [6, 6.07) is 7.95. The number of hydrogen-bond acceptors (Lipinski definition) is 6. The summed E-state index contributed by atoms with van der Waals surface area (Å²) in [5, 5.41) is 0. The van der Waals surface area contributed by atoms with Crippen LogP contribution in [0.2, 0.25) is 0 Å². The lowest BCUT2D eigenvalue weighted by atomic mass is 9.92. The number of benzene rings is 1. The average Bonchev–Trinajstić information content (AvgIpc) is 3.44. The van der Waals surface area contributed by atoms with E-state index in [2.05, 4.69) is 30.7 Å². The Labute approximate surface area is 177 Å². The van der Waals surface area contributed by atoms with Crippen LogP contribution in [0.4, 0.5) is 16.0 Å². The summed E-state index contributed by atoms with van der Waals surface area (Å²) in [5.41, 5.74) is 1.00. The Morgan fingerprint density at radius 2 is 1.77 bits per heavy atom. The summed E-state index contributed by atoms with van der Waals surface area (Å²) >= 11 is 0. The molecule has 160 valence electrons. The third-order valence-electron chi connectivity index (χ3n) is 6.97. The molecule has 0 aliphatic carbocycles. The summed E-state index contributed by atoms with van der Waals surface area (Å²) in [7, 11) is 1.50. The number of anilines is 2. The molecule has 3 aliphatic rings. The normalized spacial score (nSPS) is 24.3. The molecule has 0 saturated carbocycles. The first-order valence-corrected chi connectivity index (χ1v) is 11.1. The molecule has 2 aromatic rings. The molecular weight excluding hydrogens is 381 g/mol. The van der Waals surface area contributed by atoms with Gasteiger partial charge in [-0.1, -0.05) is 6.07 Å². The van der Waals surface area contributed by atoms with Crippen LogP contribution in [0.15, 0.2) is 30.6 Å². The Morgan fingerprint density at radius 3 is 2.53 bits per heavy atom. The number of fused-ring (bicyclic) bond motifs is 1. The van der Waals surface area contributed by atoms with Gasteiger partial charge in [0.15, 0.2) is 11.6 Å². The second-order valence-corrected chi connectivity index (χ2v) is 8.72. The minimum absolute atomic E-state index is 0.286. The molecule has 2 unspecified atom stereocenters. The fourth-order valence-electron chi connectivity index (χ4n) is 5.30. The van der Waals surface area contributed by atoms with Gasteiger partial charge in [0.2, 0.25) is 0 Å². The Kier molecular flexibility index (Phi) is 5.46. The molecule has 1 aromatic carbocycles. The molecule has 0 radical (unpaired) electrons. The van der Waals surface area contributed by atoms with E-state index in [-0.39, 0.29) is 5.82 Å². The predicted molar refractivity (Wildman–Crippen MR) is 116 cm³/mol. The zero-order valence-corrected chi connectivity index (χ0v) is 17.6. The van der Waals surface area contributed by atoms with Gasteiger partial charge < -0.3 is 14.5 Å². The van der Waals surface area contributed by atoms with Crippen LogP contribution < -0.4 is 14.5 Å². The quantitative estimate of drug-likeness (QED) is 0.752. The summed E-state index contributed by atoms with van der Waals surface area (Å²) in [6.45, 7) is 6.04. The monoisotopic (exact) mass is 411 g/mol. The van der Waals surface area contributed by atoms with Gasteiger partial charge in [-0.05, 0) is 55.8 Å². The third-order valence-corrected chi connectivity index (χ3v) is 6.97. The van der Waals surface area contributed by atoms with E-state index in [1.165, 1.54) is 32.8 Å². The maximum absolute atomic E-state index is 14.1. The maximum Gasteiger partial charge on any atom is 0.165 e. The number of nitrogens with zero attached hydrogens (tertiary/aromatic N) is 5. The highest BCUT2D eigenvalue weighted by molar-refractivity contribution is 5.51. The number of methoxy groups -OCH3 is 1. The van der Waals surface area contributed by atoms with Crippen LogP contribution in [0.1, 0.15) is 31.2 Å². The summed E-state index contributed by atoms with van der Waals surface area (Å²) in [6.07, 6.45) is 6.60. The first-order chi connectivity index (χ1) is 14.7. The fraction of sp³-hybridized carbons (Fsp3) is 0.565. The zero-order valence-electron chi connectivity index (χ0n) is 17.6. The Bertz CT molecular complexity index is 888. The first kappa shape index (κ1) is 19.5. The molecule has 7 heteroatoms. The standard InChI is InChI=1S/C23H30FN5O/c1-30-21-5-4-17(12-19(21)24)14-28-10-6-18-7-11-29(15-20(18)28)23-13-22(25-16-26-23)27-8-2-3-9-27/h4-5,12-13,16,18,20H,2-3,6-11,14-15H2,1H3. The third kappa shape index (κ3) is 3.83. The number of aromatic nitrogens is 2. The Balaban J connectivity index is 1.29. The minimum atomic E-state index is -0.286. The van der Waals surface area contributed by atoms with E-state index in [1.54, 1.807) is 18.5 Å². The number of hydrogen-bond donors (Lipinski definition) is 0. The van der Waals surface area contributed by atoms with Gasteiger partial charge in [-0.15, -0.1) is 0 Å². The molecule has 0 bridgehead atoms. The highest BCUT2D eigenvalue weighted by atomic mass is 19.1. The van der Waals surface area contributed by atoms with Crippen molar-refractivity contribution in [1.29, 1.82) is 0 Å². The summed E-state index contributed by atoms with van der Waals surface area (Å²) in [5.74, 6) is 2.82. The number of piperidine rings is 1. The second kappa shape index (κ2) is 8.38. The van der Waals surface area contributed by atoms with Crippen LogP contribution in [0.5, 0.6) is 5.75 Å². The molecule has 0 N–H and O–H groups in total. The van der Waals surface area contributed by atoms with Gasteiger partial charge in [-0.3, -0.25) is 4.90 Å². The van der Waals surface area contributed by atoms with Crippen molar-refractivity contribution in [3.63, 3.8) is 0 Å². The average molecular weight is 412 g/mol. The number of halogens is 1. The van der Waals surface area contributed by atoms with Gasteiger partial charge in [-0.25, -0.2) is 14.4 Å². The molecule has 3 saturated heterocycles. The minimum Gasteiger partial charge on any atom is -0.494 e. The van der Waals surface area contributed by atoms with Gasteiger partial charge in [0, 0.05) is 44.8 Å². The summed E-state index contributed by atoms with van der Waals surface area (Å²) < 4.78 is 19.2. The molecule has 2 atom stereocenters.